The highest BCUT2D eigenvalue weighted by molar-refractivity contribution is 9.10. The molecule has 1 atom stereocenters. The van der Waals surface area contributed by atoms with E-state index in [1.807, 2.05) is 12.1 Å². The SMILES string of the molecule is Brc1ccc(CSc2nnc(-c3ccco3)n2CC2CCCO2)cc1. The molecule has 3 aromatic rings. The van der Waals surface area contributed by atoms with Crippen LogP contribution in [-0.4, -0.2) is 27.5 Å². The Balaban J connectivity index is 1.56. The quantitative estimate of drug-likeness (QED) is 0.538. The highest BCUT2D eigenvalue weighted by Gasteiger charge is 2.22. The van der Waals surface area contributed by atoms with Gasteiger partial charge in [-0.25, -0.2) is 0 Å². The molecule has 0 bridgehead atoms. The molecule has 1 saturated heterocycles. The summed E-state index contributed by atoms with van der Waals surface area (Å²) >= 11 is 5.15. The van der Waals surface area contributed by atoms with Crippen molar-refractivity contribution in [3.05, 3.63) is 52.7 Å². The van der Waals surface area contributed by atoms with Gasteiger partial charge in [0.15, 0.2) is 10.9 Å². The molecule has 1 aliphatic heterocycles. The zero-order valence-electron chi connectivity index (χ0n) is 13.6. The summed E-state index contributed by atoms with van der Waals surface area (Å²) < 4.78 is 14.6. The van der Waals surface area contributed by atoms with Gasteiger partial charge < -0.3 is 9.15 Å². The van der Waals surface area contributed by atoms with Crippen LogP contribution in [0.25, 0.3) is 11.6 Å². The molecule has 7 heteroatoms. The van der Waals surface area contributed by atoms with Crippen LogP contribution in [-0.2, 0) is 17.0 Å². The molecule has 0 spiro atoms. The summed E-state index contributed by atoms with van der Waals surface area (Å²) in [5.41, 5.74) is 1.25. The van der Waals surface area contributed by atoms with Crippen LogP contribution in [0, 0.1) is 0 Å². The maximum atomic E-state index is 5.81. The smallest absolute Gasteiger partial charge is 0.200 e. The molecule has 5 nitrogen and oxygen atoms in total. The van der Waals surface area contributed by atoms with Gasteiger partial charge in [-0.3, -0.25) is 4.57 Å². The van der Waals surface area contributed by atoms with Gasteiger partial charge in [-0.1, -0.05) is 39.8 Å². The number of ether oxygens (including phenoxy) is 1. The third-order valence-corrected chi connectivity index (χ3v) is 5.72. The third-order valence-electron chi connectivity index (χ3n) is 4.15. The summed E-state index contributed by atoms with van der Waals surface area (Å²) in [4.78, 5) is 0. The highest BCUT2D eigenvalue weighted by Crippen LogP contribution is 2.28. The number of hydrogen-bond donors (Lipinski definition) is 0. The van der Waals surface area contributed by atoms with Crippen molar-refractivity contribution in [2.75, 3.05) is 6.61 Å². The monoisotopic (exact) mass is 419 g/mol. The maximum Gasteiger partial charge on any atom is 0.200 e. The molecule has 1 aliphatic rings. The minimum absolute atomic E-state index is 0.219. The summed E-state index contributed by atoms with van der Waals surface area (Å²) in [6, 6.07) is 12.1. The fourth-order valence-electron chi connectivity index (χ4n) is 2.87. The normalized spacial score (nSPS) is 17.2. The van der Waals surface area contributed by atoms with Crippen molar-refractivity contribution in [3.8, 4) is 11.6 Å². The molecule has 25 heavy (non-hydrogen) atoms. The van der Waals surface area contributed by atoms with E-state index in [0.29, 0.717) is 0 Å². The minimum Gasteiger partial charge on any atom is -0.461 e. The fraction of sp³-hybridized carbons (Fsp3) is 0.333. The second-order valence-electron chi connectivity index (χ2n) is 5.94. The average Bonchev–Trinajstić information content (AvgIpc) is 3.37. The lowest BCUT2D eigenvalue weighted by Crippen LogP contribution is -2.16. The lowest BCUT2D eigenvalue weighted by atomic mass is 10.2. The molecular weight excluding hydrogens is 402 g/mol. The fourth-order valence-corrected chi connectivity index (χ4v) is 4.04. The predicted molar refractivity (Wildman–Crippen MR) is 100 cm³/mol. The van der Waals surface area contributed by atoms with Crippen LogP contribution in [0.15, 0.2) is 56.7 Å². The second kappa shape index (κ2) is 7.76. The largest absolute Gasteiger partial charge is 0.461 e. The van der Waals surface area contributed by atoms with Gasteiger partial charge in [0.25, 0.3) is 0 Å². The molecule has 130 valence electrons. The molecule has 3 heterocycles. The van der Waals surface area contributed by atoms with Crippen LogP contribution in [0.4, 0.5) is 0 Å². The summed E-state index contributed by atoms with van der Waals surface area (Å²) in [7, 11) is 0. The van der Waals surface area contributed by atoms with E-state index in [2.05, 4.69) is 55.0 Å². The van der Waals surface area contributed by atoms with Crippen LogP contribution >= 0.6 is 27.7 Å². The number of hydrogen-bond acceptors (Lipinski definition) is 5. The van der Waals surface area contributed by atoms with Crippen LogP contribution in [0.5, 0.6) is 0 Å². The summed E-state index contributed by atoms with van der Waals surface area (Å²) in [6.45, 7) is 1.59. The van der Waals surface area contributed by atoms with Gasteiger partial charge in [0.1, 0.15) is 0 Å². The molecule has 1 fully saturated rings. The Morgan fingerprint density at radius 2 is 2.08 bits per heavy atom. The number of furan rings is 1. The molecule has 4 rings (SSSR count). The summed E-state index contributed by atoms with van der Waals surface area (Å²) in [5, 5.41) is 9.65. The van der Waals surface area contributed by atoms with Gasteiger partial charge in [-0.2, -0.15) is 0 Å². The lowest BCUT2D eigenvalue weighted by Gasteiger charge is -2.14. The van der Waals surface area contributed by atoms with Crippen LogP contribution in [0.1, 0.15) is 18.4 Å². The van der Waals surface area contributed by atoms with Crippen molar-refractivity contribution in [1.29, 1.82) is 0 Å². The Morgan fingerprint density at radius 3 is 2.80 bits per heavy atom. The molecule has 1 unspecified atom stereocenters. The lowest BCUT2D eigenvalue weighted by molar-refractivity contribution is 0.0952. The van der Waals surface area contributed by atoms with Gasteiger partial charge >= 0.3 is 0 Å². The number of benzene rings is 1. The van der Waals surface area contributed by atoms with Crippen molar-refractivity contribution < 1.29 is 9.15 Å². The van der Waals surface area contributed by atoms with E-state index < -0.39 is 0 Å². The first-order chi connectivity index (χ1) is 12.3. The Hall–Kier alpha value is -1.57. The first-order valence-corrected chi connectivity index (χ1v) is 10.0. The minimum atomic E-state index is 0.219. The van der Waals surface area contributed by atoms with Crippen molar-refractivity contribution in [2.24, 2.45) is 0 Å². The van der Waals surface area contributed by atoms with Crippen molar-refractivity contribution in [2.45, 2.75) is 36.4 Å². The van der Waals surface area contributed by atoms with Gasteiger partial charge in [0.05, 0.1) is 18.9 Å². The molecular formula is C18H18BrN3O2S. The molecule has 0 N–H and O–H groups in total. The number of thioether (sulfide) groups is 1. The van der Waals surface area contributed by atoms with Crippen LogP contribution in [0.3, 0.4) is 0 Å². The first kappa shape index (κ1) is 16.9. The van der Waals surface area contributed by atoms with Crippen molar-refractivity contribution in [3.63, 3.8) is 0 Å². The van der Waals surface area contributed by atoms with Crippen LogP contribution in [0.2, 0.25) is 0 Å². The van der Waals surface area contributed by atoms with E-state index in [1.54, 1.807) is 18.0 Å². The van der Waals surface area contributed by atoms with E-state index in [-0.39, 0.29) is 6.10 Å². The zero-order chi connectivity index (χ0) is 17.1. The van der Waals surface area contributed by atoms with Gasteiger partial charge in [-0.15, -0.1) is 10.2 Å². The van der Waals surface area contributed by atoms with Crippen molar-refractivity contribution >= 4 is 27.7 Å². The molecule has 0 amide bonds. The highest BCUT2D eigenvalue weighted by atomic mass is 79.9. The van der Waals surface area contributed by atoms with E-state index >= 15 is 0 Å². The summed E-state index contributed by atoms with van der Waals surface area (Å²) in [6.07, 6.45) is 4.07. The van der Waals surface area contributed by atoms with Crippen LogP contribution < -0.4 is 0 Å². The van der Waals surface area contributed by atoms with Gasteiger partial charge in [0, 0.05) is 16.8 Å². The Morgan fingerprint density at radius 1 is 1.20 bits per heavy atom. The summed E-state index contributed by atoms with van der Waals surface area (Å²) in [5.74, 6) is 2.34. The van der Waals surface area contributed by atoms with E-state index in [4.69, 9.17) is 9.15 Å². The van der Waals surface area contributed by atoms with Crippen molar-refractivity contribution in [1.82, 2.24) is 14.8 Å². The zero-order valence-corrected chi connectivity index (χ0v) is 16.0. The maximum absolute atomic E-state index is 5.81. The molecule has 1 aromatic carbocycles. The van der Waals surface area contributed by atoms with E-state index in [9.17, 15) is 0 Å². The molecule has 2 aromatic heterocycles. The van der Waals surface area contributed by atoms with Gasteiger partial charge in [0.2, 0.25) is 5.82 Å². The predicted octanol–water partition coefficient (Wildman–Crippen LogP) is 4.77. The first-order valence-electron chi connectivity index (χ1n) is 8.25. The number of nitrogens with zero attached hydrogens (tertiary/aromatic N) is 3. The third kappa shape index (κ3) is 3.99. The van der Waals surface area contributed by atoms with E-state index in [0.717, 1.165) is 53.0 Å². The van der Waals surface area contributed by atoms with Gasteiger partial charge in [-0.05, 0) is 42.7 Å². The molecule has 0 aliphatic carbocycles. The van der Waals surface area contributed by atoms with E-state index in [1.165, 1.54) is 5.56 Å². The Kier molecular flexibility index (Phi) is 5.24. The second-order valence-corrected chi connectivity index (χ2v) is 7.80. The topological polar surface area (TPSA) is 53.1 Å². The number of aromatic nitrogens is 3. The molecule has 0 saturated carbocycles. The Labute approximate surface area is 158 Å². The average molecular weight is 420 g/mol. The standard InChI is InChI=1S/C18H18BrN3O2S/c19-14-7-5-13(6-8-14)12-25-18-21-20-17(16-4-2-10-24-16)22(18)11-15-3-1-9-23-15/h2,4-8,10,15H,1,3,9,11-12H2. The number of rotatable bonds is 6. The number of halogens is 1. The molecule has 0 radical (unpaired) electrons. The Bertz CT molecular complexity index is 811.